The number of benzene rings is 1. The molecule has 1 aromatic carbocycles. The Labute approximate surface area is 276 Å². The van der Waals surface area contributed by atoms with Gasteiger partial charge in [0.25, 0.3) is 0 Å². The molecule has 0 radical (unpaired) electrons. The Balaban J connectivity index is 0.000000620. The summed E-state index contributed by atoms with van der Waals surface area (Å²) in [7, 11) is 2.88. The molecule has 0 spiro atoms. The van der Waals surface area contributed by atoms with Gasteiger partial charge in [-0.25, -0.2) is 14.4 Å². The number of hydrogen-bond donors (Lipinski definition) is 1. The normalized spacial score (nSPS) is 16.8. The number of aromatic nitrogens is 2. The topological polar surface area (TPSA) is 88.1 Å². The molecule has 6 nitrogen and oxygen atoms in total. The van der Waals surface area contributed by atoms with Crippen LogP contribution in [-0.4, -0.2) is 23.1 Å². The lowest BCUT2D eigenvalue weighted by Gasteiger charge is -2.22. The van der Waals surface area contributed by atoms with Gasteiger partial charge in [0.1, 0.15) is 16.9 Å². The van der Waals surface area contributed by atoms with Gasteiger partial charge < -0.3 is 15.4 Å². The molecule has 9 heteroatoms. The first kappa shape index (κ1) is 36.6. The van der Waals surface area contributed by atoms with E-state index < -0.39 is 0 Å². The maximum atomic E-state index is 15.2. The third kappa shape index (κ3) is 7.76. The first-order valence-electron chi connectivity index (χ1n) is 16.1. The molecule has 2 atom stereocenters. The van der Waals surface area contributed by atoms with Crippen molar-refractivity contribution < 1.29 is 9.13 Å². The van der Waals surface area contributed by atoms with E-state index in [9.17, 15) is 5.26 Å². The number of halogens is 1. The molecule has 5 rings (SSSR count). The highest BCUT2D eigenvalue weighted by Gasteiger charge is 2.31. The summed E-state index contributed by atoms with van der Waals surface area (Å²) in [5.41, 5.74) is 13.4. The van der Waals surface area contributed by atoms with Crippen molar-refractivity contribution in [3.05, 3.63) is 50.5 Å². The standard InChI is InChI=1S/C28H31FN5OPS.C6H14.C2H6/c1-5-15(4)21(23-16(9-30)27(31)37-26(23)20(29)6-2)22-19-13-35-12-18(19)17-10-32-28(33-24(17)25(22)36)34-8-7-14(3)11-34;1-5-6(2,3)4;1-2/h6,10,14H,5,7-8,11-13,31,36H2,1-4H3;5H2,1-4H3;1-2H3/b20-6+,21-15+;;. The molecule has 244 valence electrons. The summed E-state index contributed by atoms with van der Waals surface area (Å²) in [6.45, 7) is 23.7. The summed E-state index contributed by atoms with van der Waals surface area (Å²) < 4.78 is 21.2. The third-order valence-electron chi connectivity index (χ3n) is 8.53. The highest BCUT2D eigenvalue weighted by molar-refractivity contribution is 7.28. The van der Waals surface area contributed by atoms with Crippen LogP contribution in [0.4, 0.5) is 15.3 Å². The largest absolute Gasteiger partial charge is 0.389 e. The van der Waals surface area contributed by atoms with E-state index in [1.54, 1.807) is 6.92 Å². The van der Waals surface area contributed by atoms with Gasteiger partial charge in [-0.2, -0.15) is 5.26 Å². The Morgan fingerprint density at radius 2 is 1.89 bits per heavy atom. The summed E-state index contributed by atoms with van der Waals surface area (Å²) in [5.74, 6) is 0.941. The van der Waals surface area contributed by atoms with Crippen LogP contribution in [0.2, 0.25) is 0 Å². The molecule has 2 unspecified atom stereocenters. The molecule has 2 aliphatic heterocycles. The van der Waals surface area contributed by atoms with Gasteiger partial charge in [-0.3, -0.25) is 0 Å². The van der Waals surface area contributed by atoms with Crippen molar-refractivity contribution in [1.82, 2.24) is 9.97 Å². The first-order valence-corrected chi connectivity index (χ1v) is 17.5. The van der Waals surface area contributed by atoms with E-state index in [1.807, 2.05) is 27.0 Å². The summed E-state index contributed by atoms with van der Waals surface area (Å²) in [4.78, 5) is 12.4. The monoisotopic (exact) mass is 651 g/mol. The van der Waals surface area contributed by atoms with Gasteiger partial charge in [0, 0.05) is 35.5 Å². The van der Waals surface area contributed by atoms with Crippen LogP contribution in [-0.2, 0) is 18.0 Å². The molecule has 1 saturated heterocycles. The molecule has 1 fully saturated rings. The van der Waals surface area contributed by atoms with Crippen LogP contribution in [0.1, 0.15) is 121 Å². The third-order valence-corrected chi connectivity index (χ3v) is 10.1. The number of anilines is 2. The Bertz CT molecular complexity index is 1630. The molecule has 0 saturated carbocycles. The van der Waals surface area contributed by atoms with Crippen LogP contribution >= 0.6 is 20.6 Å². The lowest BCUT2D eigenvalue weighted by atomic mass is 9.85. The van der Waals surface area contributed by atoms with Crippen molar-refractivity contribution in [1.29, 1.82) is 5.26 Å². The smallest absolute Gasteiger partial charge is 0.225 e. The van der Waals surface area contributed by atoms with Crippen LogP contribution in [0.5, 0.6) is 0 Å². The molecule has 2 aromatic heterocycles. The Morgan fingerprint density at radius 1 is 1.24 bits per heavy atom. The van der Waals surface area contributed by atoms with Crippen LogP contribution in [0, 0.1) is 22.7 Å². The molecular weight excluding hydrogens is 600 g/mol. The van der Waals surface area contributed by atoms with E-state index in [4.69, 9.17) is 20.4 Å². The number of nitrogen functional groups attached to an aromatic ring is 1. The molecule has 3 aromatic rings. The minimum atomic E-state index is -0.388. The lowest BCUT2D eigenvalue weighted by molar-refractivity contribution is 0.135. The van der Waals surface area contributed by atoms with Gasteiger partial charge in [-0.1, -0.05) is 73.5 Å². The molecule has 0 amide bonds. The summed E-state index contributed by atoms with van der Waals surface area (Å²) >= 11 is 1.12. The molecule has 2 N–H and O–H groups in total. The highest BCUT2D eigenvalue weighted by Crippen LogP contribution is 2.46. The minimum absolute atomic E-state index is 0.311. The van der Waals surface area contributed by atoms with Gasteiger partial charge in [0.2, 0.25) is 5.95 Å². The molecule has 0 aliphatic carbocycles. The van der Waals surface area contributed by atoms with Crippen LogP contribution < -0.4 is 15.9 Å². The quantitative estimate of drug-likeness (QED) is 0.277. The van der Waals surface area contributed by atoms with Crippen molar-refractivity contribution >= 4 is 59.1 Å². The fourth-order valence-electron chi connectivity index (χ4n) is 5.35. The van der Waals surface area contributed by atoms with E-state index in [-0.39, 0.29) is 5.83 Å². The predicted molar refractivity (Wildman–Crippen MR) is 195 cm³/mol. The van der Waals surface area contributed by atoms with E-state index >= 15 is 4.39 Å². The number of thiophene rings is 1. The maximum Gasteiger partial charge on any atom is 0.225 e. The first-order chi connectivity index (χ1) is 21.4. The minimum Gasteiger partial charge on any atom is -0.389 e. The zero-order valence-corrected chi connectivity index (χ0v) is 30.8. The zero-order chi connectivity index (χ0) is 33.6. The van der Waals surface area contributed by atoms with Gasteiger partial charge in [-0.15, -0.1) is 20.6 Å². The average Bonchev–Trinajstić information content (AvgIpc) is 3.77. The SMILES string of the molecule is C/C=C(/F)c1sc(N)c(C#N)c1/C(=C(\C)CC)c1c2c(c3cnc(N4CCC(C)C4)nc3c1P)COC2.CC.CCC(C)(C)C. The van der Waals surface area contributed by atoms with Crippen molar-refractivity contribution in [3.8, 4) is 6.07 Å². The molecule has 0 bridgehead atoms. The maximum absolute atomic E-state index is 15.2. The van der Waals surface area contributed by atoms with Crippen LogP contribution in [0.3, 0.4) is 0 Å². The fraction of sp³-hybridized carbons (Fsp3) is 0.528. The molecule has 2 aliphatic rings. The van der Waals surface area contributed by atoms with Crippen molar-refractivity contribution in [2.75, 3.05) is 23.7 Å². The van der Waals surface area contributed by atoms with E-state index in [0.717, 1.165) is 87.3 Å². The number of fused-ring (bicyclic) bond motifs is 3. The number of nitriles is 1. The Kier molecular flexibility index (Phi) is 12.7. The number of allylic oxidation sites excluding steroid dienone is 2. The number of nitrogens with zero attached hydrogens (tertiary/aromatic N) is 4. The second kappa shape index (κ2) is 15.6. The number of hydrogen-bond acceptors (Lipinski definition) is 7. The van der Waals surface area contributed by atoms with E-state index in [0.29, 0.717) is 45.6 Å². The summed E-state index contributed by atoms with van der Waals surface area (Å²) in [6.07, 6.45) is 6.45. The second-order valence-electron chi connectivity index (χ2n) is 12.7. The van der Waals surface area contributed by atoms with Gasteiger partial charge in [-0.05, 0) is 60.3 Å². The fourth-order valence-corrected chi connectivity index (χ4v) is 6.88. The lowest BCUT2D eigenvalue weighted by Crippen LogP contribution is -2.22. The molecule has 45 heavy (non-hydrogen) atoms. The Morgan fingerprint density at radius 3 is 2.42 bits per heavy atom. The second-order valence-corrected chi connectivity index (χ2v) is 14.4. The molecular formula is C36H51FN5OPS. The van der Waals surface area contributed by atoms with Crippen LogP contribution in [0.15, 0.2) is 17.8 Å². The number of rotatable bonds is 5. The number of ether oxygens (including phenoxy) is 1. The van der Waals surface area contributed by atoms with Crippen molar-refractivity contribution in [3.63, 3.8) is 0 Å². The number of nitrogens with two attached hydrogens (primary N) is 1. The average molecular weight is 652 g/mol. The zero-order valence-electron chi connectivity index (χ0n) is 28.8. The Hall–Kier alpha value is -2.85. The van der Waals surface area contributed by atoms with Crippen molar-refractivity contribution in [2.45, 2.75) is 102 Å². The summed E-state index contributed by atoms with van der Waals surface area (Å²) in [5, 5.41) is 12.3. The van der Waals surface area contributed by atoms with Gasteiger partial charge >= 0.3 is 0 Å². The van der Waals surface area contributed by atoms with E-state index in [1.165, 1.54) is 12.5 Å². The predicted octanol–water partition coefficient (Wildman–Crippen LogP) is 9.55. The molecule has 4 heterocycles. The van der Waals surface area contributed by atoms with Gasteiger partial charge in [0.15, 0.2) is 0 Å². The van der Waals surface area contributed by atoms with Gasteiger partial charge in [0.05, 0.1) is 29.2 Å². The summed E-state index contributed by atoms with van der Waals surface area (Å²) in [6, 6.07) is 2.25. The highest BCUT2D eigenvalue weighted by atomic mass is 32.1. The van der Waals surface area contributed by atoms with Crippen LogP contribution in [0.25, 0.3) is 22.3 Å². The van der Waals surface area contributed by atoms with E-state index in [2.05, 4.69) is 61.8 Å². The van der Waals surface area contributed by atoms with Crippen molar-refractivity contribution in [2.24, 2.45) is 11.3 Å².